The minimum atomic E-state index is -0.0367. The molecule has 0 radical (unpaired) electrons. The Labute approximate surface area is 167 Å². The third-order valence-electron chi connectivity index (χ3n) is 5.90. The number of hydrogen-bond donors (Lipinski definition) is 1. The first-order valence-electron chi connectivity index (χ1n) is 10.1. The van der Waals surface area contributed by atoms with Crippen molar-refractivity contribution in [3.8, 4) is 0 Å². The Morgan fingerprint density at radius 2 is 1.89 bits per heavy atom. The summed E-state index contributed by atoms with van der Waals surface area (Å²) in [5.41, 5.74) is 3.91. The Hall–Kier alpha value is -2.37. The molecule has 2 aromatic carbocycles. The first-order valence-corrected chi connectivity index (χ1v) is 10.1. The number of nitrogens with zero attached hydrogens (tertiary/aromatic N) is 2. The van der Waals surface area contributed by atoms with Crippen LogP contribution in [-0.4, -0.2) is 56.7 Å². The van der Waals surface area contributed by atoms with Gasteiger partial charge in [0, 0.05) is 45.5 Å². The maximum atomic E-state index is 13.0. The maximum absolute atomic E-state index is 13.0. The lowest BCUT2D eigenvalue weighted by Crippen LogP contribution is -2.61. The molecule has 2 aliphatic rings. The molecule has 1 amide bonds. The summed E-state index contributed by atoms with van der Waals surface area (Å²) in [5, 5.41) is 3.07. The number of fused-ring (bicyclic) bond motifs is 3. The minimum Gasteiger partial charge on any atom is -0.383 e. The summed E-state index contributed by atoms with van der Waals surface area (Å²) in [5.74, 6) is 0.105. The van der Waals surface area contributed by atoms with Gasteiger partial charge in [0.25, 0.3) is 0 Å². The van der Waals surface area contributed by atoms with Gasteiger partial charge in [0.1, 0.15) is 0 Å². The van der Waals surface area contributed by atoms with E-state index in [0.29, 0.717) is 13.2 Å². The highest BCUT2D eigenvalue weighted by atomic mass is 16.5. The molecule has 1 N–H and O–H groups in total. The molecule has 0 unspecified atom stereocenters. The number of methoxy groups -OCH3 is 1. The molecule has 2 atom stereocenters. The Balaban J connectivity index is 1.53. The van der Waals surface area contributed by atoms with Gasteiger partial charge < -0.3 is 15.0 Å². The quantitative estimate of drug-likeness (QED) is 0.783. The van der Waals surface area contributed by atoms with Crippen LogP contribution in [0.15, 0.2) is 54.6 Å². The van der Waals surface area contributed by atoms with Crippen LogP contribution in [0.25, 0.3) is 0 Å². The first kappa shape index (κ1) is 19.0. The Morgan fingerprint density at radius 1 is 1.11 bits per heavy atom. The van der Waals surface area contributed by atoms with E-state index < -0.39 is 0 Å². The summed E-state index contributed by atoms with van der Waals surface area (Å²) in [6, 6.07) is 19.3. The van der Waals surface area contributed by atoms with Gasteiger partial charge in [-0.15, -0.1) is 0 Å². The van der Waals surface area contributed by atoms with E-state index in [9.17, 15) is 4.79 Å². The molecule has 0 saturated carbocycles. The van der Waals surface area contributed by atoms with Crippen molar-refractivity contribution in [1.82, 2.24) is 10.2 Å². The molecule has 2 aliphatic heterocycles. The van der Waals surface area contributed by atoms with Crippen LogP contribution < -0.4 is 10.2 Å². The van der Waals surface area contributed by atoms with E-state index in [2.05, 4.69) is 69.7 Å². The third kappa shape index (κ3) is 4.05. The molecule has 2 aromatic rings. The lowest BCUT2D eigenvalue weighted by atomic mass is 9.83. The van der Waals surface area contributed by atoms with E-state index in [1.165, 1.54) is 16.8 Å². The largest absolute Gasteiger partial charge is 0.383 e. The Kier molecular flexibility index (Phi) is 5.93. The molecule has 0 aliphatic carbocycles. The normalized spacial score (nSPS) is 21.7. The van der Waals surface area contributed by atoms with Crippen LogP contribution in [0.3, 0.4) is 0 Å². The van der Waals surface area contributed by atoms with Gasteiger partial charge in [-0.1, -0.05) is 48.5 Å². The highest BCUT2D eigenvalue weighted by Crippen LogP contribution is 2.36. The predicted octanol–water partition coefficient (Wildman–Crippen LogP) is 2.31. The lowest BCUT2D eigenvalue weighted by molar-refractivity contribution is -0.126. The summed E-state index contributed by atoms with van der Waals surface area (Å²) in [6.07, 6.45) is 0.801. The molecule has 2 heterocycles. The molecule has 1 saturated heterocycles. The maximum Gasteiger partial charge on any atom is 0.225 e. The van der Waals surface area contributed by atoms with Gasteiger partial charge >= 0.3 is 0 Å². The molecular weight excluding hydrogens is 350 g/mol. The monoisotopic (exact) mass is 379 g/mol. The fourth-order valence-corrected chi connectivity index (χ4v) is 4.51. The van der Waals surface area contributed by atoms with Gasteiger partial charge in [-0.2, -0.15) is 0 Å². The van der Waals surface area contributed by atoms with Gasteiger partial charge in [0.2, 0.25) is 5.91 Å². The fraction of sp³-hybridized carbons (Fsp3) is 0.435. The van der Waals surface area contributed by atoms with E-state index in [4.69, 9.17) is 4.74 Å². The van der Waals surface area contributed by atoms with Crippen LogP contribution in [0.5, 0.6) is 0 Å². The second-order valence-electron chi connectivity index (χ2n) is 7.70. The number of carbonyl (C=O) groups excluding carboxylic acids is 1. The SMILES string of the molecule is COCCNC(=O)[C@H]1Cc2ccccc2N2CCN(Cc3ccccc3)C[C@@H]12. The van der Waals surface area contributed by atoms with E-state index >= 15 is 0 Å². The topological polar surface area (TPSA) is 44.8 Å². The van der Waals surface area contributed by atoms with E-state index in [1.54, 1.807) is 7.11 Å². The van der Waals surface area contributed by atoms with Crippen molar-refractivity contribution in [2.75, 3.05) is 44.8 Å². The number of carbonyl (C=O) groups is 1. The first-order chi connectivity index (χ1) is 13.8. The number of ether oxygens (including phenoxy) is 1. The highest BCUT2D eigenvalue weighted by Gasteiger charge is 2.41. The second kappa shape index (κ2) is 8.76. The van der Waals surface area contributed by atoms with E-state index in [1.807, 2.05) is 0 Å². The molecule has 5 nitrogen and oxygen atoms in total. The van der Waals surface area contributed by atoms with Gasteiger partial charge in [0.15, 0.2) is 0 Å². The third-order valence-corrected chi connectivity index (χ3v) is 5.90. The molecule has 4 rings (SSSR count). The summed E-state index contributed by atoms with van der Waals surface area (Å²) in [7, 11) is 1.66. The number of anilines is 1. The van der Waals surface area contributed by atoms with Crippen molar-refractivity contribution in [3.05, 3.63) is 65.7 Å². The van der Waals surface area contributed by atoms with Crippen molar-refractivity contribution in [1.29, 1.82) is 0 Å². The number of nitrogens with one attached hydrogen (secondary N) is 1. The van der Waals surface area contributed by atoms with E-state index in [0.717, 1.165) is 32.6 Å². The summed E-state index contributed by atoms with van der Waals surface area (Å²) in [4.78, 5) is 17.9. The Bertz CT molecular complexity index is 795. The summed E-state index contributed by atoms with van der Waals surface area (Å²) in [6.45, 7) is 4.92. The van der Waals surface area contributed by atoms with Crippen LogP contribution in [0, 0.1) is 5.92 Å². The number of amides is 1. The van der Waals surface area contributed by atoms with Gasteiger partial charge in [-0.25, -0.2) is 0 Å². The summed E-state index contributed by atoms with van der Waals surface area (Å²) >= 11 is 0. The van der Waals surface area contributed by atoms with Crippen molar-refractivity contribution < 1.29 is 9.53 Å². The van der Waals surface area contributed by atoms with Crippen LogP contribution in [0.4, 0.5) is 5.69 Å². The molecular formula is C23H29N3O2. The Morgan fingerprint density at radius 3 is 2.71 bits per heavy atom. The smallest absolute Gasteiger partial charge is 0.225 e. The molecule has 0 bridgehead atoms. The van der Waals surface area contributed by atoms with Gasteiger partial charge in [-0.3, -0.25) is 9.69 Å². The average molecular weight is 380 g/mol. The summed E-state index contributed by atoms with van der Waals surface area (Å²) < 4.78 is 5.09. The van der Waals surface area contributed by atoms with Crippen LogP contribution >= 0.6 is 0 Å². The van der Waals surface area contributed by atoms with Crippen molar-refractivity contribution in [3.63, 3.8) is 0 Å². The minimum absolute atomic E-state index is 0.0367. The fourth-order valence-electron chi connectivity index (χ4n) is 4.51. The number of para-hydroxylation sites is 1. The second-order valence-corrected chi connectivity index (χ2v) is 7.70. The zero-order valence-electron chi connectivity index (χ0n) is 16.5. The number of rotatable bonds is 6. The number of piperazine rings is 1. The van der Waals surface area contributed by atoms with Crippen molar-refractivity contribution >= 4 is 11.6 Å². The highest BCUT2D eigenvalue weighted by molar-refractivity contribution is 5.82. The van der Waals surface area contributed by atoms with Crippen LogP contribution in [0.2, 0.25) is 0 Å². The molecule has 148 valence electrons. The predicted molar refractivity (Wildman–Crippen MR) is 111 cm³/mol. The van der Waals surface area contributed by atoms with Crippen LogP contribution in [0.1, 0.15) is 11.1 Å². The molecule has 5 heteroatoms. The van der Waals surface area contributed by atoms with Crippen molar-refractivity contribution in [2.24, 2.45) is 5.92 Å². The zero-order valence-corrected chi connectivity index (χ0v) is 16.5. The molecule has 1 fully saturated rings. The number of benzene rings is 2. The van der Waals surface area contributed by atoms with Gasteiger partial charge in [0.05, 0.1) is 18.6 Å². The van der Waals surface area contributed by atoms with Crippen molar-refractivity contribution in [2.45, 2.75) is 19.0 Å². The molecule has 28 heavy (non-hydrogen) atoms. The molecule has 0 aromatic heterocycles. The molecule has 0 spiro atoms. The van der Waals surface area contributed by atoms with Gasteiger partial charge in [-0.05, 0) is 23.6 Å². The zero-order chi connectivity index (χ0) is 19.3. The number of hydrogen-bond acceptors (Lipinski definition) is 4. The lowest BCUT2D eigenvalue weighted by Gasteiger charge is -2.49. The average Bonchev–Trinajstić information content (AvgIpc) is 2.74. The van der Waals surface area contributed by atoms with Crippen LogP contribution in [-0.2, 0) is 22.5 Å². The standard InChI is InChI=1S/C23H29N3O2/c1-28-14-11-24-23(27)20-15-19-9-5-6-10-21(19)26-13-12-25(17-22(20)26)16-18-7-3-2-4-8-18/h2-10,20,22H,11-17H2,1H3,(H,24,27)/t20-,22-/m0/s1. The van der Waals surface area contributed by atoms with E-state index in [-0.39, 0.29) is 17.9 Å².